The van der Waals surface area contributed by atoms with Crippen molar-refractivity contribution in [2.24, 2.45) is 34.5 Å². The van der Waals surface area contributed by atoms with Crippen LogP contribution in [0.2, 0.25) is 0 Å². The molecule has 39 heavy (non-hydrogen) atoms. The number of allylic oxidation sites excluding steroid dienone is 2. The molecule has 0 unspecified atom stereocenters. The summed E-state index contributed by atoms with van der Waals surface area (Å²) in [6.45, 7) is 4.69. The second-order valence-corrected chi connectivity index (χ2v) is 12.8. The normalized spacial score (nSPS) is 35.9. The molecule has 0 spiro atoms. The molecular formula is C35H40O4. The molecule has 4 aliphatic rings. The Morgan fingerprint density at radius 2 is 1.33 bits per heavy atom. The van der Waals surface area contributed by atoms with Crippen LogP contribution in [0.25, 0.3) is 12.2 Å². The second-order valence-electron chi connectivity index (χ2n) is 12.8. The molecule has 4 aliphatic carbocycles. The topological polar surface area (TPSA) is 52.6 Å². The van der Waals surface area contributed by atoms with E-state index in [9.17, 15) is 9.59 Å². The van der Waals surface area contributed by atoms with Crippen LogP contribution in [-0.4, -0.2) is 25.8 Å². The van der Waals surface area contributed by atoms with Crippen molar-refractivity contribution >= 4 is 23.7 Å². The van der Waals surface area contributed by atoms with Gasteiger partial charge in [0.05, 0.1) is 14.2 Å². The van der Waals surface area contributed by atoms with Crippen LogP contribution in [0.15, 0.2) is 59.7 Å². The highest BCUT2D eigenvalue weighted by Crippen LogP contribution is 2.66. The molecule has 0 heterocycles. The molecule has 0 bridgehead atoms. The highest BCUT2D eigenvalue weighted by Gasteiger charge is 2.61. The van der Waals surface area contributed by atoms with Crippen LogP contribution in [0.4, 0.5) is 0 Å². The lowest BCUT2D eigenvalue weighted by Gasteiger charge is -2.59. The minimum atomic E-state index is -0.269. The second kappa shape index (κ2) is 9.80. The molecule has 0 radical (unpaired) electrons. The molecule has 4 nitrogen and oxygen atoms in total. The van der Waals surface area contributed by atoms with Crippen molar-refractivity contribution in [2.45, 2.75) is 58.8 Å². The summed E-state index contributed by atoms with van der Waals surface area (Å²) in [6, 6.07) is 16.0. The minimum absolute atomic E-state index is 0.0992. The van der Waals surface area contributed by atoms with Crippen LogP contribution in [0.5, 0.6) is 11.5 Å². The predicted molar refractivity (Wildman–Crippen MR) is 154 cm³/mol. The van der Waals surface area contributed by atoms with Gasteiger partial charge in [-0.25, -0.2) is 0 Å². The van der Waals surface area contributed by atoms with Crippen molar-refractivity contribution in [3.05, 3.63) is 70.8 Å². The van der Waals surface area contributed by atoms with E-state index in [2.05, 4.69) is 26.0 Å². The van der Waals surface area contributed by atoms with Gasteiger partial charge in [-0.05, 0) is 126 Å². The number of benzene rings is 2. The summed E-state index contributed by atoms with van der Waals surface area (Å²) in [4.78, 5) is 27.1. The lowest BCUT2D eigenvalue weighted by atomic mass is 9.45. The number of hydrogen-bond acceptors (Lipinski definition) is 4. The number of carbonyl (C=O) groups is 2. The van der Waals surface area contributed by atoms with E-state index in [-0.39, 0.29) is 10.8 Å². The van der Waals surface area contributed by atoms with E-state index in [0.29, 0.717) is 41.7 Å². The van der Waals surface area contributed by atoms with Crippen molar-refractivity contribution in [3.63, 3.8) is 0 Å². The zero-order valence-electron chi connectivity index (χ0n) is 23.7. The van der Waals surface area contributed by atoms with Crippen LogP contribution in [0.3, 0.4) is 0 Å². The number of rotatable bonds is 4. The Hall–Kier alpha value is -3.14. The first-order valence-corrected chi connectivity index (χ1v) is 14.5. The van der Waals surface area contributed by atoms with E-state index in [1.165, 1.54) is 0 Å². The van der Waals surface area contributed by atoms with Crippen molar-refractivity contribution in [1.29, 1.82) is 0 Å². The van der Waals surface area contributed by atoms with Gasteiger partial charge in [-0.1, -0.05) is 38.1 Å². The monoisotopic (exact) mass is 524 g/mol. The maximum absolute atomic E-state index is 13.8. The Morgan fingerprint density at radius 1 is 0.744 bits per heavy atom. The fourth-order valence-corrected chi connectivity index (χ4v) is 8.74. The van der Waals surface area contributed by atoms with Gasteiger partial charge in [0.25, 0.3) is 0 Å². The summed E-state index contributed by atoms with van der Waals surface area (Å²) < 4.78 is 10.6. The maximum atomic E-state index is 13.8. The Kier molecular flexibility index (Phi) is 6.56. The summed E-state index contributed by atoms with van der Waals surface area (Å²) in [7, 11) is 3.34. The lowest BCUT2D eigenvalue weighted by Crippen LogP contribution is -2.54. The molecule has 0 N–H and O–H groups in total. The van der Waals surface area contributed by atoms with E-state index >= 15 is 0 Å². The zero-order chi connectivity index (χ0) is 27.4. The van der Waals surface area contributed by atoms with Crippen LogP contribution in [-0.2, 0) is 9.59 Å². The Morgan fingerprint density at radius 3 is 1.92 bits per heavy atom. The minimum Gasteiger partial charge on any atom is -0.497 e. The summed E-state index contributed by atoms with van der Waals surface area (Å²) >= 11 is 0. The van der Waals surface area contributed by atoms with Gasteiger partial charge in [0.1, 0.15) is 11.5 Å². The number of ketones is 2. The fraction of sp³-hybridized carbons (Fsp3) is 0.486. The third-order valence-electron chi connectivity index (χ3n) is 11.0. The quantitative estimate of drug-likeness (QED) is 0.387. The molecule has 4 saturated carbocycles. The first-order valence-electron chi connectivity index (χ1n) is 14.5. The molecular weight excluding hydrogens is 484 g/mol. The SMILES string of the molecule is COc1ccc(/C=C2/C[C@@]3(C)[C@@H](CC[C@H]4[C@H]3CC[C@]3(C)C(=O)/C(=C/c5ccc(OC)cc5)C[C@@H]43)CC2=O)cc1. The Labute approximate surface area is 232 Å². The van der Waals surface area contributed by atoms with Crippen LogP contribution < -0.4 is 9.47 Å². The molecule has 0 amide bonds. The maximum Gasteiger partial charge on any atom is 0.165 e. The van der Waals surface area contributed by atoms with Crippen molar-refractivity contribution in [3.8, 4) is 11.5 Å². The highest BCUT2D eigenvalue weighted by molar-refractivity contribution is 6.06. The molecule has 2 aromatic rings. The molecule has 0 saturated heterocycles. The van der Waals surface area contributed by atoms with Gasteiger partial charge in [-0.15, -0.1) is 0 Å². The zero-order valence-corrected chi connectivity index (χ0v) is 23.7. The molecule has 2 aromatic carbocycles. The van der Waals surface area contributed by atoms with Crippen LogP contribution in [0.1, 0.15) is 69.9 Å². The molecule has 0 aromatic heterocycles. The number of Topliss-reactive ketones (excluding diaryl/α,β-unsaturated/α-hetero) is 2. The number of carbonyl (C=O) groups excluding carboxylic acids is 2. The number of methoxy groups -OCH3 is 2. The molecule has 6 atom stereocenters. The third-order valence-corrected chi connectivity index (χ3v) is 11.0. The van der Waals surface area contributed by atoms with Gasteiger partial charge in [0.2, 0.25) is 0 Å². The fourth-order valence-electron chi connectivity index (χ4n) is 8.74. The summed E-state index contributed by atoms with van der Waals surface area (Å²) in [5.74, 6) is 4.23. The molecule has 4 fully saturated rings. The summed E-state index contributed by atoms with van der Waals surface area (Å²) in [5, 5.41) is 0. The molecule has 4 heteroatoms. The van der Waals surface area contributed by atoms with E-state index < -0.39 is 0 Å². The first kappa shape index (κ1) is 26.1. The Bertz CT molecular complexity index is 1330. The molecule has 204 valence electrons. The largest absolute Gasteiger partial charge is 0.497 e. The smallest absolute Gasteiger partial charge is 0.165 e. The average molecular weight is 525 g/mol. The lowest BCUT2D eigenvalue weighted by molar-refractivity contribution is -0.139. The van der Waals surface area contributed by atoms with Gasteiger partial charge >= 0.3 is 0 Å². The van der Waals surface area contributed by atoms with Crippen molar-refractivity contribution in [2.75, 3.05) is 14.2 Å². The standard InChI is InChI=1S/C35H40O4/c1-34-16-15-30-29(31(34)19-24(33(34)37)17-22-5-10-27(38-3)11-6-22)14-9-26-20-32(36)25(21-35(26,30)2)18-23-7-12-28(39-4)13-8-23/h5-8,10-13,17-18,26,29-31H,9,14-16,19-21H2,1-4H3/b24-17+,25-18-/t26-,29-,30+,31-,34-,35-/m0/s1. The third kappa shape index (κ3) is 4.37. The average Bonchev–Trinajstić information content (AvgIpc) is 3.20. The van der Waals surface area contributed by atoms with Gasteiger partial charge < -0.3 is 9.47 Å². The summed E-state index contributed by atoms with van der Waals surface area (Å²) in [6.07, 6.45) is 10.9. The van der Waals surface area contributed by atoms with Crippen LogP contribution >= 0.6 is 0 Å². The van der Waals surface area contributed by atoms with Crippen molar-refractivity contribution < 1.29 is 19.1 Å². The van der Waals surface area contributed by atoms with Crippen molar-refractivity contribution in [1.82, 2.24) is 0 Å². The van der Waals surface area contributed by atoms with Gasteiger partial charge in [0, 0.05) is 11.8 Å². The van der Waals surface area contributed by atoms with E-state index in [1.54, 1.807) is 14.2 Å². The first-order chi connectivity index (χ1) is 18.7. The molecule has 6 rings (SSSR count). The van der Waals surface area contributed by atoms with Gasteiger partial charge in [0.15, 0.2) is 11.6 Å². The van der Waals surface area contributed by atoms with Crippen LogP contribution in [0, 0.1) is 34.5 Å². The van der Waals surface area contributed by atoms with Gasteiger partial charge in [-0.2, -0.15) is 0 Å². The van der Waals surface area contributed by atoms with E-state index in [0.717, 1.165) is 72.3 Å². The number of fused-ring (bicyclic) bond motifs is 5. The Balaban J connectivity index is 1.27. The van der Waals surface area contributed by atoms with Gasteiger partial charge in [-0.3, -0.25) is 9.59 Å². The van der Waals surface area contributed by atoms with E-state index in [4.69, 9.17) is 9.47 Å². The highest BCUT2D eigenvalue weighted by atomic mass is 16.5. The van der Waals surface area contributed by atoms with E-state index in [1.807, 2.05) is 48.5 Å². The predicted octanol–water partition coefficient (Wildman–Crippen LogP) is 7.57. The number of ether oxygens (including phenoxy) is 2. The number of hydrogen-bond donors (Lipinski definition) is 0. The summed E-state index contributed by atoms with van der Waals surface area (Å²) in [5.41, 5.74) is 3.90. The molecule has 0 aliphatic heterocycles.